The molecular weight excluding hydrogens is 384 g/mol. The number of hydrogen-bond acceptors (Lipinski definition) is 5. The smallest absolute Gasteiger partial charge is 0.328 e. The summed E-state index contributed by atoms with van der Waals surface area (Å²) in [6.45, 7) is 1.35. The van der Waals surface area contributed by atoms with Crippen LogP contribution in [0.25, 0.3) is 0 Å². The number of ether oxygens (including phenoxy) is 2. The zero-order valence-electron chi connectivity index (χ0n) is 15.7. The Kier molecular flexibility index (Phi) is 7.40. The maximum Gasteiger partial charge on any atom is 0.328 e. The summed E-state index contributed by atoms with van der Waals surface area (Å²) in [5.74, 6) is -0.914. The lowest BCUT2D eigenvalue weighted by Gasteiger charge is -2.18. The second-order valence-corrected chi connectivity index (χ2v) is 6.36. The summed E-state index contributed by atoms with van der Waals surface area (Å²) in [6.07, 6.45) is 0.171. The van der Waals surface area contributed by atoms with Crippen molar-refractivity contribution in [2.24, 2.45) is 0 Å². The van der Waals surface area contributed by atoms with E-state index in [1.54, 1.807) is 42.5 Å². The minimum absolute atomic E-state index is 0.171. The zero-order valence-corrected chi connectivity index (χ0v) is 16.5. The van der Waals surface area contributed by atoms with E-state index in [1.807, 2.05) is 0 Å². The Balaban J connectivity index is 2.23. The van der Waals surface area contributed by atoms with Crippen LogP contribution in [0.15, 0.2) is 42.5 Å². The van der Waals surface area contributed by atoms with Crippen molar-refractivity contribution >= 4 is 35.1 Å². The molecule has 28 heavy (non-hydrogen) atoms. The first kappa shape index (κ1) is 21.2. The number of carbonyl (C=O) groups excluding carboxylic acids is 3. The van der Waals surface area contributed by atoms with Crippen LogP contribution in [-0.4, -0.2) is 38.0 Å². The number of anilines is 1. The van der Waals surface area contributed by atoms with Gasteiger partial charge in [-0.25, -0.2) is 4.79 Å². The van der Waals surface area contributed by atoms with E-state index in [9.17, 15) is 14.4 Å². The summed E-state index contributed by atoms with van der Waals surface area (Å²) in [7, 11) is 2.75. The quantitative estimate of drug-likeness (QED) is 0.692. The van der Waals surface area contributed by atoms with Crippen LogP contribution >= 0.6 is 11.6 Å². The molecule has 0 spiro atoms. The minimum atomic E-state index is -0.938. The van der Waals surface area contributed by atoms with Crippen LogP contribution in [0.4, 0.5) is 5.69 Å². The molecule has 1 atom stereocenters. The summed E-state index contributed by atoms with van der Waals surface area (Å²) in [5, 5.41) is 5.64. The molecule has 2 aromatic carbocycles. The first-order valence-corrected chi connectivity index (χ1v) is 8.81. The van der Waals surface area contributed by atoms with Crippen molar-refractivity contribution in [1.29, 1.82) is 0 Å². The van der Waals surface area contributed by atoms with Crippen molar-refractivity contribution in [3.63, 3.8) is 0 Å². The Labute approximate surface area is 168 Å². The number of methoxy groups -OCH3 is 2. The van der Waals surface area contributed by atoms with Crippen molar-refractivity contribution in [1.82, 2.24) is 5.32 Å². The average molecular weight is 405 g/mol. The Morgan fingerprint density at radius 1 is 1.11 bits per heavy atom. The third-order valence-electron chi connectivity index (χ3n) is 3.93. The van der Waals surface area contributed by atoms with Crippen molar-refractivity contribution in [2.45, 2.75) is 19.4 Å². The van der Waals surface area contributed by atoms with Gasteiger partial charge in [0.2, 0.25) is 5.91 Å². The van der Waals surface area contributed by atoms with Gasteiger partial charge in [-0.3, -0.25) is 9.59 Å². The van der Waals surface area contributed by atoms with Gasteiger partial charge in [-0.1, -0.05) is 29.8 Å². The molecule has 0 unspecified atom stereocenters. The second-order valence-electron chi connectivity index (χ2n) is 5.95. The fraction of sp³-hybridized carbons (Fsp3) is 0.250. The van der Waals surface area contributed by atoms with Gasteiger partial charge in [-0.15, -0.1) is 0 Å². The topological polar surface area (TPSA) is 93.7 Å². The normalized spacial score (nSPS) is 11.3. The Morgan fingerprint density at radius 2 is 1.82 bits per heavy atom. The second kappa shape index (κ2) is 9.75. The van der Waals surface area contributed by atoms with Crippen molar-refractivity contribution in [3.05, 3.63) is 58.6 Å². The highest BCUT2D eigenvalue weighted by atomic mass is 35.5. The van der Waals surface area contributed by atoms with Gasteiger partial charge in [-0.05, 0) is 29.8 Å². The van der Waals surface area contributed by atoms with Crippen LogP contribution in [0.2, 0.25) is 5.02 Å². The number of amides is 2. The molecule has 148 valence electrons. The highest BCUT2D eigenvalue weighted by molar-refractivity contribution is 6.32. The first-order valence-electron chi connectivity index (χ1n) is 8.43. The van der Waals surface area contributed by atoms with E-state index < -0.39 is 17.9 Å². The molecule has 0 aliphatic rings. The third kappa shape index (κ3) is 5.47. The van der Waals surface area contributed by atoms with E-state index in [0.717, 1.165) is 5.56 Å². The maximum absolute atomic E-state index is 12.7. The number of benzene rings is 2. The van der Waals surface area contributed by atoms with E-state index in [0.29, 0.717) is 16.5 Å². The number of para-hydroxylation sites is 1. The van der Waals surface area contributed by atoms with E-state index >= 15 is 0 Å². The van der Waals surface area contributed by atoms with Crippen LogP contribution in [0, 0.1) is 0 Å². The highest BCUT2D eigenvalue weighted by Crippen LogP contribution is 2.25. The molecule has 2 amide bonds. The van der Waals surface area contributed by atoms with Gasteiger partial charge < -0.3 is 20.1 Å². The summed E-state index contributed by atoms with van der Waals surface area (Å²) < 4.78 is 9.92. The summed E-state index contributed by atoms with van der Waals surface area (Å²) in [6, 6.07) is 10.7. The molecule has 0 heterocycles. The molecular formula is C20H21ClN2O5. The SMILES string of the molecule is COC(=O)[C@H](Cc1ccc(OC)c(Cl)c1)NC(=O)c1ccccc1NC(C)=O. The standard InChI is InChI=1S/C20H21ClN2O5/c1-12(24)22-16-7-5-4-6-14(16)19(25)23-17(20(26)28-3)11-13-8-9-18(27-2)15(21)10-13/h4-10,17H,11H2,1-3H3,(H,22,24)(H,23,25)/t17-/m0/s1. The van der Waals surface area contributed by atoms with Gasteiger partial charge in [0.05, 0.1) is 30.5 Å². The lowest BCUT2D eigenvalue weighted by molar-refractivity contribution is -0.142. The van der Waals surface area contributed by atoms with Crippen LogP contribution in [0.5, 0.6) is 5.75 Å². The highest BCUT2D eigenvalue weighted by Gasteiger charge is 2.24. The minimum Gasteiger partial charge on any atom is -0.495 e. The number of halogens is 1. The van der Waals surface area contributed by atoms with E-state index in [1.165, 1.54) is 21.1 Å². The summed E-state index contributed by atoms with van der Waals surface area (Å²) >= 11 is 6.13. The number of hydrogen-bond donors (Lipinski definition) is 2. The molecule has 7 nitrogen and oxygen atoms in total. The van der Waals surface area contributed by atoms with Crippen molar-refractivity contribution in [2.75, 3.05) is 19.5 Å². The lowest BCUT2D eigenvalue weighted by atomic mass is 10.0. The third-order valence-corrected chi connectivity index (χ3v) is 4.22. The van der Waals surface area contributed by atoms with Gasteiger partial charge in [-0.2, -0.15) is 0 Å². The lowest BCUT2D eigenvalue weighted by Crippen LogP contribution is -2.43. The predicted molar refractivity (Wildman–Crippen MR) is 106 cm³/mol. The molecule has 0 bridgehead atoms. The van der Waals surface area contributed by atoms with Gasteiger partial charge in [0.25, 0.3) is 5.91 Å². The molecule has 0 saturated heterocycles. The van der Waals surface area contributed by atoms with Crippen LogP contribution < -0.4 is 15.4 Å². The van der Waals surface area contributed by atoms with Gasteiger partial charge >= 0.3 is 5.97 Å². The van der Waals surface area contributed by atoms with Gasteiger partial charge in [0, 0.05) is 13.3 Å². The maximum atomic E-state index is 12.7. The molecule has 0 saturated carbocycles. The van der Waals surface area contributed by atoms with E-state index in [-0.39, 0.29) is 17.9 Å². The van der Waals surface area contributed by atoms with Crippen molar-refractivity contribution < 1.29 is 23.9 Å². The van der Waals surface area contributed by atoms with Crippen LogP contribution in [-0.2, 0) is 20.7 Å². The van der Waals surface area contributed by atoms with E-state index in [4.69, 9.17) is 21.1 Å². The first-order chi connectivity index (χ1) is 13.3. The molecule has 0 aromatic heterocycles. The predicted octanol–water partition coefficient (Wildman–Crippen LogP) is 2.82. The Bertz CT molecular complexity index is 885. The van der Waals surface area contributed by atoms with Gasteiger partial charge in [0.1, 0.15) is 11.8 Å². The van der Waals surface area contributed by atoms with Gasteiger partial charge in [0.15, 0.2) is 0 Å². The molecule has 2 N–H and O–H groups in total. The molecule has 0 aliphatic heterocycles. The summed E-state index contributed by atoms with van der Waals surface area (Å²) in [5.41, 5.74) is 1.31. The fourth-order valence-corrected chi connectivity index (χ4v) is 2.90. The number of rotatable bonds is 7. The molecule has 0 aliphatic carbocycles. The molecule has 0 radical (unpaired) electrons. The Morgan fingerprint density at radius 3 is 2.43 bits per heavy atom. The number of esters is 1. The van der Waals surface area contributed by atoms with Crippen LogP contribution in [0.3, 0.4) is 0 Å². The molecule has 8 heteroatoms. The number of carbonyl (C=O) groups is 3. The average Bonchev–Trinajstić information content (AvgIpc) is 2.66. The molecule has 2 rings (SSSR count). The fourth-order valence-electron chi connectivity index (χ4n) is 2.62. The molecule has 0 fully saturated rings. The monoisotopic (exact) mass is 404 g/mol. The Hall–Kier alpha value is -3.06. The largest absolute Gasteiger partial charge is 0.495 e. The van der Waals surface area contributed by atoms with E-state index in [2.05, 4.69) is 10.6 Å². The van der Waals surface area contributed by atoms with Crippen molar-refractivity contribution in [3.8, 4) is 5.75 Å². The number of nitrogens with one attached hydrogen (secondary N) is 2. The van der Waals surface area contributed by atoms with Crippen LogP contribution in [0.1, 0.15) is 22.8 Å². The zero-order chi connectivity index (χ0) is 20.7. The molecule has 2 aromatic rings. The summed E-state index contributed by atoms with van der Waals surface area (Å²) in [4.78, 5) is 36.3.